The predicted molar refractivity (Wildman–Crippen MR) is 56.3 cm³/mol. The molecule has 0 aliphatic rings. The Morgan fingerprint density at radius 1 is 1.47 bits per heavy atom. The van der Waals surface area contributed by atoms with Crippen molar-refractivity contribution < 1.29 is 28.9 Å². The Morgan fingerprint density at radius 3 is 2.59 bits per heavy atom. The summed E-state index contributed by atoms with van der Waals surface area (Å²) in [7, 11) is 2.74. The minimum Gasteiger partial charge on any atom is -0.496 e. The maximum absolute atomic E-state index is 13.9. The van der Waals surface area contributed by atoms with Gasteiger partial charge in [0, 0.05) is 12.7 Å². The maximum atomic E-state index is 13.9. The van der Waals surface area contributed by atoms with Crippen LogP contribution in [-0.4, -0.2) is 30.4 Å². The van der Waals surface area contributed by atoms with Gasteiger partial charge in [-0.25, -0.2) is 9.18 Å². The smallest absolute Gasteiger partial charge is 0.337 e. The third-order valence-electron chi connectivity index (χ3n) is 2.27. The number of aliphatic hydroxyl groups excluding tert-OH is 1. The highest BCUT2D eigenvalue weighted by Crippen LogP contribution is 2.28. The lowest BCUT2D eigenvalue weighted by molar-refractivity contribution is -0.147. The van der Waals surface area contributed by atoms with Gasteiger partial charge in [0.05, 0.1) is 19.3 Å². The average molecular weight is 244 g/mol. The molecule has 6 heteroatoms. The zero-order valence-corrected chi connectivity index (χ0v) is 9.44. The third-order valence-corrected chi connectivity index (χ3v) is 2.27. The van der Waals surface area contributed by atoms with E-state index in [9.17, 15) is 14.3 Å². The number of hydrogen-bond donors (Lipinski definition) is 2. The van der Waals surface area contributed by atoms with Crippen LogP contribution in [0.3, 0.4) is 0 Å². The molecule has 0 aromatic heterocycles. The molecule has 0 saturated carbocycles. The summed E-state index contributed by atoms with van der Waals surface area (Å²) in [4.78, 5) is 10.6. The molecule has 1 atom stereocenters. The van der Waals surface area contributed by atoms with Crippen molar-refractivity contribution in [3.8, 4) is 5.75 Å². The van der Waals surface area contributed by atoms with Gasteiger partial charge in [0.1, 0.15) is 11.6 Å². The topological polar surface area (TPSA) is 76.0 Å². The summed E-state index contributed by atoms with van der Waals surface area (Å²) in [6.45, 7) is -0.0742. The van der Waals surface area contributed by atoms with Crippen molar-refractivity contribution in [1.82, 2.24) is 0 Å². The molecular formula is C11H13FO5. The van der Waals surface area contributed by atoms with E-state index in [4.69, 9.17) is 14.6 Å². The van der Waals surface area contributed by atoms with Crippen LogP contribution in [0.25, 0.3) is 0 Å². The number of aliphatic hydroxyl groups is 1. The van der Waals surface area contributed by atoms with E-state index in [1.165, 1.54) is 26.4 Å². The second-order valence-corrected chi connectivity index (χ2v) is 3.32. The van der Waals surface area contributed by atoms with E-state index in [1.54, 1.807) is 0 Å². The van der Waals surface area contributed by atoms with Gasteiger partial charge in [0.25, 0.3) is 0 Å². The Kier molecular flexibility index (Phi) is 4.42. The van der Waals surface area contributed by atoms with Gasteiger partial charge in [0.2, 0.25) is 0 Å². The van der Waals surface area contributed by atoms with Crippen molar-refractivity contribution in [2.75, 3.05) is 14.2 Å². The average Bonchev–Trinajstić information content (AvgIpc) is 2.31. The van der Waals surface area contributed by atoms with Crippen molar-refractivity contribution in [3.05, 3.63) is 29.1 Å². The fourth-order valence-electron chi connectivity index (χ4n) is 1.44. The molecule has 0 amide bonds. The van der Waals surface area contributed by atoms with E-state index in [-0.39, 0.29) is 23.5 Å². The van der Waals surface area contributed by atoms with Crippen molar-refractivity contribution in [2.24, 2.45) is 0 Å². The molecular weight excluding hydrogens is 231 g/mol. The van der Waals surface area contributed by atoms with E-state index in [0.29, 0.717) is 0 Å². The lowest BCUT2D eigenvalue weighted by atomic mass is 10.0. The number of methoxy groups -OCH3 is 2. The molecule has 1 aromatic rings. The van der Waals surface area contributed by atoms with E-state index in [2.05, 4.69) is 0 Å². The van der Waals surface area contributed by atoms with Crippen LogP contribution < -0.4 is 4.74 Å². The first-order valence-corrected chi connectivity index (χ1v) is 4.78. The van der Waals surface area contributed by atoms with Gasteiger partial charge >= 0.3 is 5.97 Å². The number of halogens is 1. The molecule has 17 heavy (non-hydrogen) atoms. The number of carboxylic acid groups (broad SMARTS) is 1. The Bertz CT molecular complexity index is 419. The molecule has 1 rings (SSSR count). The van der Waals surface area contributed by atoms with Crippen LogP contribution in [0.2, 0.25) is 0 Å². The first-order valence-electron chi connectivity index (χ1n) is 4.78. The monoisotopic (exact) mass is 244 g/mol. The van der Waals surface area contributed by atoms with Gasteiger partial charge in [-0.05, 0) is 12.1 Å². The Labute approximate surface area is 97.4 Å². The zero-order chi connectivity index (χ0) is 13.0. The second-order valence-electron chi connectivity index (χ2n) is 3.32. The van der Waals surface area contributed by atoms with Crippen LogP contribution in [0.4, 0.5) is 4.39 Å². The molecule has 0 saturated heterocycles. The second kappa shape index (κ2) is 5.60. The summed E-state index contributed by atoms with van der Waals surface area (Å²) in [5.74, 6) is -2.11. The fraction of sp³-hybridized carbons (Fsp3) is 0.364. The number of carboxylic acids is 1. The van der Waals surface area contributed by atoms with Crippen molar-refractivity contribution in [3.63, 3.8) is 0 Å². The summed E-state index contributed by atoms with van der Waals surface area (Å²) in [5.41, 5.74) is -0.238. The van der Waals surface area contributed by atoms with E-state index < -0.39 is 17.9 Å². The number of hydrogen-bond acceptors (Lipinski definition) is 4. The normalized spacial score (nSPS) is 12.2. The first kappa shape index (κ1) is 13.4. The van der Waals surface area contributed by atoms with E-state index in [0.717, 1.165) is 0 Å². The van der Waals surface area contributed by atoms with Crippen LogP contribution in [0, 0.1) is 5.82 Å². The molecule has 0 heterocycles. The minimum absolute atomic E-state index is 0.0742. The molecule has 94 valence electrons. The molecule has 0 radical (unpaired) electrons. The minimum atomic E-state index is -1.91. The molecule has 1 aromatic carbocycles. The molecule has 0 spiro atoms. The molecule has 0 aliphatic heterocycles. The number of benzene rings is 1. The summed E-state index contributed by atoms with van der Waals surface area (Å²) in [6, 6.07) is 2.56. The Hall–Kier alpha value is -1.66. The molecule has 2 N–H and O–H groups in total. The number of ether oxygens (including phenoxy) is 2. The Balaban J connectivity index is 3.26. The number of aliphatic carboxylic acids is 1. The fourth-order valence-corrected chi connectivity index (χ4v) is 1.44. The lowest BCUT2D eigenvalue weighted by Gasteiger charge is -2.14. The van der Waals surface area contributed by atoms with Crippen LogP contribution in [-0.2, 0) is 16.1 Å². The van der Waals surface area contributed by atoms with Gasteiger partial charge in [-0.1, -0.05) is 0 Å². The van der Waals surface area contributed by atoms with Gasteiger partial charge in [0.15, 0.2) is 6.10 Å². The van der Waals surface area contributed by atoms with Crippen LogP contribution >= 0.6 is 0 Å². The highest BCUT2D eigenvalue weighted by molar-refractivity contribution is 5.74. The largest absolute Gasteiger partial charge is 0.496 e. The van der Waals surface area contributed by atoms with E-state index in [1.807, 2.05) is 0 Å². The Morgan fingerprint density at radius 2 is 2.12 bits per heavy atom. The molecule has 5 nitrogen and oxygen atoms in total. The number of rotatable bonds is 5. The summed E-state index contributed by atoms with van der Waals surface area (Å²) in [6.07, 6.45) is -1.91. The molecule has 0 aliphatic carbocycles. The number of carbonyl (C=O) groups is 1. The summed E-state index contributed by atoms with van der Waals surface area (Å²) in [5, 5.41) is 17.9. The van der Waals surface area contributed by atoms with E-state index >= 15 is 0 Å². The van der Waals surface area contributed by atoms with Crippen LogP contribution in [0.5, 0.6) is 5.75 Å². The lowest BCUT2D eigenvalue weighted by Crippen LogP contribution is -2.14. The standard InChI is InChI=1S/C11H13FO5/c1-16-5-7-8(17-2)4-3-6(9(7)12)10(13)11(14)15/h3-4,10,13H,5H2,1-2H3,(H,14,15). The molecule has 0 bridgehead atoms. The van der Waals surface area contributed by atoms with Crippen molar-refractivity contribution >= 4 is 5.97 Å². The van der Waals surface area contributed by atoms with Crippen LogP contribution in [0.15, 0.2) is 12.1 Å². The molecule has 1 unspecified atom stereocenters. The maximum Gasteiger partial charge on any atom is 0.337 e. The van der Waals surface area contributed by atoms with Gasteiger partial charge < -0.3 is 19.7 Å². The third kappa shape index (κ3) is 2.72. The highest BCUT2D eigenvalue weighted by atomic mass is 19.1. The summed E-state index contributed by atoms with van der Waals surface area (Å²) >= 11 is 0. The first-order chi connectivity index (χ1) is 8.02. The highest BCUT2D eigenvalue weighted by Gasteiger charge is 2.23. The van der Waals surface area contributed by atoms with Gasteiger partial charge in [-0.2, -0.15) is 0 Å². The van der Waals surface area contributed by atoms with Gasteiger partial charge in [-0.3, -0.25) is 0 Å². The van der Waals surface area contributed by atoms with Crippen molar-refractivity contribution in [2.45, 2.75) is 12.7 Å². The van der Waals surface area contributed by atoms with Crippen molar-refractivity contribution in [1.29, 1.82) is 0 Å². The quantitative estimate of drug-likeness (QED) is 0.811. The predicted octanol–water partition coefficient (Wildman–Crippen LogP) is 1.10. The molecule has 0 fully saturated rings. The van der Waals surface area contributed by atoms with Gasteiger partial charge in [-0.15, -0.1) is 0 Å². The summed E-state index contributed by atoms with van der Waals surface area (Å²) < 4.78 is 23.7. The zero-order valence-electron chi connectivity index (χ0n) is 9.44. The van der Waals surface area contributed by atoms with Crippen LogP contribution in [0.1, 0.15) is 17.2 Å². The SMILES string of the molecule is COCc1c(OC)ccc(C(O)C(=O)O)c1F.